The molecule has 0 radical (unpaired) electrons. The molecule has 0 unspecified atom stereocenters. The summed E-state index contributed by atoms with van der Waals surface area (Å²) in [4.78, 5) is 22.3. The largest absolute Gasteiger partial charge is 0.368 e. The molecule has 6 nitrogen and oxygen atoms in total. The number of anilines is 2. The Bertz CT molecular complexity index is 471. The third-order valence-electron chi connectivity index (χ3n) is 3.49. The highest BCUT2D eigenvalue weighted by molar-refractivity contribution is 5.79. The predicted octanol–water partition coefficient (Wildman–Crippen LogP) is 1.18. The van der Waals surface area contributed by atoms with E-state index in [1.54, 1.807) is 0 Å². The first-order chi connectivity index (χ1) is 9.56. The van der Waals surface area contributed by atoms with Gasteiger partial charge < -0.3 is 15.5 Å². The van der Waals surface area contributed by atoms with E-state index in [1.807, 2.05) is 32.0 Å². The van der Waals surface area contributed by atoms with Gasteiger partial charge in [-0.05, 0) is 19.8 Å². The van der Waals surface area contributed by atoms with Crippen LogP contribution in [0.3, 0.4) is 0 Å². The molecule has 6 heteroatoms. The zero-order valence-corrected chi connectivity index (χ0v) is 12.4. The summed E-state index contributed by atoms with van der Waals surface area (Å²) in [5.74, 6) is 2.83. The lowest BCUT2D eigenvalue weighted by atomic mass is 9.85. The number of hydrogen-bond acceptors (Lipinski definition) is 5. The van der Waals surface area contributed by atoms with Gasteiger partial charge in [-0.2, -0.15) is 0 Å². The quantitative estimate of drug-likeness (QED) is 0.764. The molecule has 1 aromatic heterocycles. The highest BCUT2D eigenvalue weighted by Crippen LogP contribution is 2.25. The molecule has 2 rings (SSSR count). The molecular weight excluding hydrogens is 254 g/mol. The summed E-state index contributed by atoms with van der Waals surface area (Å²) in [7, 11) is 3.90. The average Bonchev–Trinajstić information content (AvgIpc) is 2.31. The third-order valence-corrected chi connectivity index (χ3v) is 3.49. The van der Waals surface area contributed by atoms with Gasteiger partial charge in [-0.25, -0.2) is 9.97 Å². The molecule has 1 amide bonds. The molecule has 0 spiro atoms. The van der Waals surface area contributed by atoms with E-state index in [0.29, 0.717) is 13.1 Å². The van der Waals surface area contributed by atoms with Crippen LogP contribution in [0.4, 0.5) is 11.6 Å². The maximum atomic E-state index is 11.7. The summed E-state index contributed by atoms with van der Waals surface area (Å²) in [6, 6.07) is 1.90. The standard InChI is InChI=1S/C14H23N5O/c1-10-17-12(9-13(18-10)19(2)3)15-7-8-16-14(20)11-5-4-6-11/h9,11H,4-8H2,1-3H3,(H,16,20)(H,15,17,18). The lowest BCUT2D eigenvalue weighted by Crippen LogP contribution is -2.36. The van der Waals surface area contributed by atoms with Gasteiger partial charge in [0.2, 0.25) is 5.91 Å². The van der Waals surface area contributed by atoms with Crippen molar-refractivity contribution in [3.63, 3.8) is 0 Å². The lowest BCUT2D eigenvalue weighted by molar-refractivity contribution is -0.127. The SMILES string of the molecule is Cc1nc(NCCNC(=O)C2CCC2)cc(N(C)C)n1. The van der Waals surface area contributed by atoms with E-state index < -0.39 is 0 Å². The van der Waals surface area contributed by atoms with Crippen molar-refractivity contribution in [1.29, 1.82) is 0 Å². The molecule has 1 fully saturated rings. The van der Waals surface area contributed by atoms with E-state index in [0.717, 1.165) is 30.3 Å². The summed E-state index contributed by atoms with van der Waals surface area (Å²) >= 11 is 0. The van der Waals surface area contributed by atoms with Crippen LogP contribution in [0, 0.1) is 12.8 Å². The van der Waals surface area contributed by atoms with Crippen LogP contribution in [0.1, 0.15) is 25.1 Å². The van der Waals surface area contributed by atoms with Gasteiger partial charge in [0.15, 0.2) is 0 Å². The Morgan fingerprint density at radius 1 is 1.35 bits per heavy atom. The van der Waals surface area contributed by atoms with E-state index in [4.69, 9.17) is 0 Å². The van der Waals surface area contributed by atoms with Crippen LogP contribution in [0.25, 0.3) is 0 Å². The Hall–Kier alpha value is -1.85. The minimum Gasteiger partial charge on any atom is -0.368 e. The number of nitrogens with one attached hydrogen (secondary N) is 2. The number of aromatic nitrogens is 2. The van der Waals surface area contributed by atoms with Crippen LogP contribution in [0.15, 0.2) is 6.07 Å². The molecule has 0 aromatic carbocycles. The number of amides is 1. The van der Waals surface area contributed by atoms with E-state index in [1.165, 1.54) is 6.42 Å². The number of carbonyl (C=O) groups is 1. The van der Waals surface area contributed by atoms with Gasteiger partial charge in [0.25, 0.3) is 0 Å². The summed E-state index contributed by atoms with van der Waals surface area (Å²) < 4.78 is 0. The van der Waals surface area contributed by atoms with E-state index in [9.17, 15) is 4.79 Å². The third kappa shape index (κ3) is 3.82. The van der Waals surface area contributed by atoms with Crippen LogP contribution < -0.4 is 15.5 Å². The lowest BCUT2D eigenvalue weighted by Gasteiger charge is -2.24. The Morgan fingerprint density at radius 3 is 2.70 bits per heavy atom. The smallest absolute Gasteiger partial charge is 0.223 e. The first kappa shape index (κ1) is 14.6. The molecule has 0 aliphatic heterocycles. The van der Waals surface area contributed by atoms with Crippen LogP contribution in [0.2, 0.25) is 0 Å². The molecule has 1 aliphatic rings. The molecule has 1 heterocycles. The molecule has 20 heavy (non-hydrogen) atoms. The summed E-state index contributed by atoms with van der Waals surface area (Å²) in [6.07, 6.45) is 3.26. The highest BCUT2D eigenvalue weighted by atomic mass is 16.1. The number of carbonyl (C=O) groups excluding carboxylic acids is 1. The van der Waals surface area contributed by atoms with E-state index >= 15 is 0 Å². The average molecular weight is 277 g/mol. The maximum Gasteiger partial charge on any atom is 0.223 e. The minimum absolute atomic E-state index is 0.186. The number of aryl methyl sites for hydroxylation is 1. The first-order valence-electron chi connectivity index (χ1n) is 7.11. The summed E-state index contributed by atoms with van der Waals surface area (Å²) in [5, 5.41) is 6.17. The van der Waals surface area contributed by atoms with Crippen molar-refractivity contribution in [3.05, 3.63) is 11.9 Å². The maximum absolute atomic E-state index is 11.7. The van der Waals surface area contributed by atoms with Gasteiger partial charge in [0, 0.05) is 39.2 Å². The van der Waals surface area contributed by atoms with Gasteiger partial charge in [-0.1, -0.05) is 6.42 Å². The topological polar surface area (TPSA) is 70.2 Å². The van der Waals surface area contributed by atoms with Gasteiger partial charge in [0.1, 0.15) is 17.5 Å². The van der Waals surface area contributed by atoms with Gasteiger partial charge in [-0.15, -0.1) is 0 Å². The molecule has 0 bridgehead atoms. The molecular formula is C14H23N5O. The Kier molecular flexibility index (Phi) is 4.76. The van der Waals surface area contributed by atoms with Crippen LogP contribution in [-0.4, -0.2) is 43.1 Å². The molecule has 2 N–H and O–H groups in total. The molecule has 1 aromatic rings. The fourth-order valence-electron chi connectivity index (χ4n) is 2.06. The molecule has 110 valence electrons. The van der Waals surface area contributed by atoms with Crippen molar-refractivity contribution in [2.45, 2.75) is 26.2 Å². The monoisotopic (exact) mass is 277 g/mol. The van der Waals surface area contributed by atoms with Crippen molar-refractivity contribution in [3.8, 4) is 0 Å². The van der Waals surface area contributed by atoms with Gasteiger partial charge in [-0.3, -0.25) is 4.79 Å². The van der Waals surface area contributed by atoms with Crippen molar-refractivity contribution in [2.24, 2.45) is 5.92 Å². The number of rotatable bonds is 6. The normalized spacial score (nSPS) is 14.6. The Labute approximate surface area is 120 Å². The predicted molar refractivity (Wildman–Crippen MR) is 79.9 cm³/mol. The summed E-state index contributed by atoms with van der Waals surface area (Å²) in [6.45, 7) is 3.16. The Morgan fingerprint density at radius 2 is 2.10 bits per heavy atom. The fraction of sp³-hybridized carbons (Fsp3) is 0.643. The van der Waals surface area contributed by atoms with Crippen molar-refractivity contribution < 1.29 is 4.79 Å². The van der Waals surface area contributed by atoms with Crippen LogP contribution in [-0.2, 0) is 4.79 Å². The van der Waals surface area contributed by atoms with Gasteiger partial charge >= 0.3 is 0 Å². The second-order valence-electron chi connectivity index (χ2n) is 5.40. The van der Waals surface area contributed by atoms with E-state index in [-0.39, 0.29) is 11.8 Å². The zero-order chi connectivity index (χ0) is 14.5. The van der Waals surface area contributed by atoms with Crippen molar-refractivity contribution >= 4 is 17.5 Å². The minimum atomic E-state index is 0.186. The Balaban J connectivity index is 1.77. The highest BCUT2D eigenvalue weighted by Gasteiger charge is 2.24. The molecule has 1 aliphatic carbocycles. The number of hydrogen-bond donors (Lipinski definition) is 2. The van der Waals surface area contributed by atoms with Crippen LogP contribution >= 0.6 is 0 Å². The molecule has 0 saturated heterocycles. The zero-order valence-electron chi connectivity index (χ0n) is 12.4. The van der Waals surface area contributed by atoms with Crippen molar-refractivity contribution in [1.82, 2.24) is 15.3 Å². The van der Waals surface area contributed by atoms with Gasteiger partial charge in [0.05, 0.1) is 0 Å². The van der Waals surface area contributed by atoms with E-state index in [2.05, 4.69) is 20.6 Å². The molecule has 1 saturated carbocycles. The fourth-order valence-corrected chi connectivity index (χ4v) is 2.06. The second kappa shape index (κ2) is 6.54. The van der Waals surface area contributed by atoms with Crippen LogP contribution in [0.5, 0.6) is 0 Å². The number of nitrogens with zero attached hydrogens (tertiary/aromatic N) is 3. The second-order valence-corrected chi connectivity index (χ2v) is 5.40. The first-order valence-corrected chi connectivity index (χ1v) is 7.11. The van der Waals surface area contributed by atoms with Crippen molar-refractivity contribution in [2.75, 3.05) is 37.4 Å². The molecule has 0 atom stereocenters. The summed E-state index contributed by atoms with van der Waals surface area (Å²) in [5.41, 5.74) is 0.